The third kappa shape index (κ3) is 3.20. The Bertz CT molecular complexity index is 585. The highest BCUT2D eigenvalue weighted by molar-refractivity contribution is 9.10. The Morgan fingerprint density at radius 1 is 0.952 bits per heavy atom. The number of halogens is 1. The van der Waals surface area contributed by atoms with Crippen LogP contribution in [0, 0.1) is 5.92 Å². The second-order valence-corrected chi connectivity index (χ2v) is 9.01. The third-order valence-electron chi connectivity index (χ3n) is 4.82. The molecular formula is C16H22BrNO2S. The largest absolute Gasteiger partial charge is 0.243 e. The fraction of sp³-hybridized carbons (Fsp3) is 0.625. The zero-order chi connectivity index (χ0) is 14.9. The number of rotatable bonds is 2. The van der Waals surface area contributed by atoms with Gasteiger partial charge in [0.25, 0.3) is 0 Å². The van der Waals surface area contributed by atoms with Gasteiger partial charge in [0.15, 0.2) is 0 Å². The van der Waals surface area contributed by atoms with E-state index >= 15 is 0 Å². The van der Waals surface area contributed by atoms with Crippen LogP contribution < -0.4 is 0 Å². The molecule has 3 nitrogen and oxygen atoms in total. The molecule has 21 heavy (non-hydrogen) atoms. The van der Waals surface area contributed by atoms with Crippen molar-refractivity contribution in [2.75, 3.05) is 6.54 Å². The van der Waals surface area contributed by atoms with E-state index < -0.39 is 10.0 Å². The van der Waals surface area contributed by atoms with Gasteiger partial charge in [0.1, 0.15) is 0 Å². The van der Waals surface area contributed by atoms with Crippen molar-refractivity contribution in [1.29, 1.82) is 0 Å². The average molecular weight is 372 g/mol. The summed E-state index contributed by atoms with van der Waals surface area (Å²) in [6.07, 6.45) is 8.50. The molecule has 116 valence electrons. The Morgan fingerprint density at radius 3 is 2.29 bits per heavy atom. The molecule has 2 aliphatic rings. The monoisotopic (exact) mass is 371 g/mol. The Kier molecular flexibility index (Phi) is 4.71. The molecule has 0 N–H and O–H groups in total. The normalized spacial score (nSPS) is 27.9. The highest BCUT2D eigenvalue weighted by atomic mass is 79.9. The van der Waals surface area contributed by atoms with Gasteiger partial charge in [0, 0.05) is 17.1 Å². The van der Waals surface area contributed by atoms with E-state index in [1.807, 2.05) is 0 Å². The second kappa shape index (κ2) is 6.39. The molecule has 1 aliphatic heterocycles. The molecule has 3 rings (SSSR count). The molecule has 1 aromatic carbocycles. The fourth-order valence-electron chi connectivity index (χ4n) is 3.56. The van der Waals surface area contributed by atoms with Crippen LogP contribution in [0.5, 0.6) is 0 Å². The van der Waals surface area contributed by atoms with Crippen molar-refractivity contribution in [3.05, 3.63) is 28.7 Å². The van der Waals surface area contributed by atoms with E-state index in [9.17, 15) is 8.42 Å². The Balaban J connectivity index is 1.78. The maximum Gasteiger partial charge on any atom is 0.243 e. The SMILES string of the molecule is O=S(=O)(c1ccc(Br)cc1)N1C[C@H]2CCCCCCC[C@H]21. The van der Waals surface area contributed by atoms with Gasteiger partial charge in [-0.2, -0.15) is 4.31 Å². The molecule has 1 aromatic rings. The number of hydrogen-bond acceptors (Lipinski definition) is 2. The van der Waals surface area contributed by atoms with Crippen LogP contribution in [-0.2, 0) is 10.0 Å². The van der Waals surface area contributed by atoms with Gasteiger partial charge in [-0.1, -0.05) is 48.0 Å². The van der Waals surface area contributed by atoms with Crippen molar-refractivity contribution >= 4 is 26.0 Å². The van der Waals surface area contributed by atoms with E-state index in [2.05, 4.69) is 15.9 Å². The fourth-order valence-corrected chi connectivity index (χ4v) is 5.59. The number of sulfonamides is 1. The summed E-state index contributed by atoms with van der Waals surface area (Å²) < 4.78 is 28.2. The molecule has 0 unspecified atom stereocenters. The molecule has 0 bridgehead atoms. The van der Waals surface area contributed by atoms with E-state index in [0.29, 0.717) is 17.4 Å². The topological polar surface area (TPSA) is 37.4 Å². The number of nitrogens with zero attached hydrogens (tertiary/aromatic N) is 1. The predicted octanol–water partition coefficient (Wildman–Crippen LogP) is 4.18. The summed E-state index contributed by atoms with van der Waals surface area (Å²) in [6, 6.07) is 7.22. The minimum absolute atomic E-state index is 0.233. The third-order valence-corrected chi connectivity index (χ3v) is 7.26. The van der Waals surface area contributed by atoms with E-state index in [1.54, 1.807) is 28.6 Å². The molecule has 0 spiro atoms. The van der Waals surface area contributed by atoms with Crippen LogP contribution in [-0.4, -0.2) is 25.3 Å². The van der Waals surface area contributed by atoms with Crippen molar-refractivity contribution in [3.8, 4) is 0 Å². The summed E-state index contributed by atoms with van der Waals surface area (Å²) in [7, 11) is -3.32. The van der Waals surface area contributed by atoms with Gasteiger partial charge in [-0.15, -0.1) is 0 Å². The highest BCUT2D eigenvalue weighted by Gasteiger charge is 2.45. The van der Waals surface area contributed by atoms with E-state index in [1.165, 1.54) is 32.1 Å². The molecule has 1 saturated carbocycles. The quantitative estimate of drug-likeness (QED) is 0.781. The Labute approximate surface area is 135 Å². The predicted molar refractivity (Wildman–Crippen MR) is 87.6 cm³/mol. The van der Waals surface area contributed by atoms with E-state index in [-0.39, 0.29) is 6.04 Å². The van der Waals surface area contributed by atoms with Gasteiger partial charge in [-0.25, -0.2) is 8.42 Å². The van der Waals surface area contributed by atoms with Crippen LogP contribution in [0.4, 0.5) is 0 Å². The summed E-state index contributed by atoms with van der Waals surface area (Å²) in [5.74, 6) is 0.577. The lowest BCUT2D eigenvalue weighted by atomic mass is 9.85. The molecule has 1 aliphatic carbocycles. The van der Waals surface area contributed by atoms with Crippen LogP contribution >= 0.6 is 15.9 Å². The van der Waals surface area contributed by atoms with E-state index in [4.69, 9.17) is 0 Å². The van der Waals surface area contributed by atoms with Crippen LogP contribution in [0.2, 0.25) is 0 Å². The van der Waals surface area contributed by atoms with Gasteiger partial charge in [-0.3, -0.25) is 0 Å². The molecular weight excluding hydrogens is 350 g/mol. The van der Waals surface area contributed by atoms with Crippen molar-refractivity contribution < 1.29 is 8.42 Å². The first-order chi connectivity index (χ1) is 10.1. The number of fused-ring (bicyclic) bond motifs is 1. The maximum absolute atomic E-state index is 12.8. The van der Waals surface area contributed by atoms with Crippen LogP contribution in [0.15, 0.2) is 33.6 Å². The van der Waals surface area contributed by atoms with Crippen molar-refractivity contribution in [3.63, 3.8) is 0 Å². The lowest BCUT2D eigenvalue weighted by Crippen LogP contribution is -2.58. The molecule has 1 saturated heterocycles. The second-order valence-electron chi connectivity index (χ2n) is 6.20. The van der Waals surface area contributed by atoms with Crippen LogP contribution in [0.25, 0.3) is 0 Å². The van der Waals surface area contributed by atoms with Gasteiger partial charge in [0.2, 0.25) is 10.0 Å². The summed E-state index contributed by atoms with van der Waals surface area (Å²) in [4.78, 5) is 0.420. The standard InChI is InChI=1S/C16H22BrNO2S/c17-14-8-10-15(11-9-14)21(19,20)18-12-13-6-4-2-1-3-5-7-16(13)18/h8-11,13,16H,1-7,12H2/t13-,16-/m1/s1. The summed E-state index contributed by atoms with van der Waals surface area (Å²) >= 11 is 3.35. The van der Waals surface area contributed by atoms with Crippen LogP contribution in [0.3, 0.4) is 0 Å². The zero-order valence-corrected chi connectivity index (χ0v) is 14.6. The summed E-state index contributed by atoms with van der Waals surface area (Å²) in [6.45, 7) is 0.711. The molecule has 2 atom stereocenters. The van der Waals surface area contributed by atoms with Crippen molar-refractivity contribution in [2.45, 2.75) is 55.9 Å². The molecule has 0 aromatic heterocycles. The Morgan fingerprint density at radius 2 is 1.57 bits per heavy atom. The first-order valence-corrected chi connectivity index (χ1v) is 10.1. The molecule has 0 amide bonds. The van der Waals surface area contributed by atoms with Gasteiger partial charge >= 0.3 is 0 Å². The first kappa shape index (κ1) is 15.5. The van der Waals surface area contributed by atoms with Gasteiger partial charge in [-0.05, 0) is 43.0 Å². The Hall–Kier alpha value is -0.390. The smallest absolute Gasteiger partial charge is 0.207 e. The first-order valence-electron chi connectivity index (χ1n) is 7.86. The van der Waals surface area contributed by atoms with Crippen LogP contribution in [0.1, 0.15) is 44.9 Å². The van der Waals surface area contributed by atoms with Crippen molar-refractivity contribution in [2.24, 2.45) is 5.92 Å². The molecule has 0 radical (unpaired) electrons. The lowest BCUT2D eigenvalue weighted by Gasteiger charge is -2.47. The maximum atomic E-state index is 12.8. The van der Waals surface area contributed by atoms with Gasteiger partial charge in [0.05, 0.1) is 4.90 Å². The number of hydrogen-bond donors (Lipinski definition) is 0. The minimum Gasteiger partial charge on any atom is -0.207 e. The number of benzene rings is 1. The molecule has 2 fully saturated rings. The van der Waals surface area contributed by atoms with E-state index in [0.717, 1.165) is 17.3 Å². The average Bonchev–Trinajstić information content (AvgIpc) is 2.51. The molecule has 1 heterocycles. The minimum atomic E-state index is -3.32. The highest BCUT2D eigenvalue weighted by Crippen LogP contribution is 2.38. The summed E-state index contributed by atoms with van der Waals surface area (Å²) in [5, 5.41) is 0. The van der Waals surface area contributed by atoms with Crippen molar-refractivity contribution in [1.82, 2.24) is 4.31 Å². The zero-order valence-electron chi connectivity index (χ0n) is 12.2. The van der Waals surface area contributed by atoms with Gasteiger partial charge < -0.3 is 0 Å². The summed E-state index contributed by atoms with van der Waals surface area (Å²) in [5.41, 5.74) is 0. The lowest BCUT2D eigenvalue weighted by molar-refractivity contribution is 0.0848. The molecule has 5 heteroatoms.